The average molecular weight is 292 g/mol. The Morgan fingerprint density at radius 1 is 1.10 bits per heavy atom. The Hall–Kier alpha value is -1.85. The summed E-state index contributed by atoms with van der Waals surface area (Å²) in [4.78, 5) is 12.8. The van der Waals surface area contributed by atoms with Crippen molar-refractivity contribution in [2.75, 3.05) is 0 Å². The number of hydrogen-bond donors (Lipinski definition) is 0. The van der Waals surface area contributed by atoms with Crippen LogP contribution in [-0.4, -0.2) is 13.9 Å². The van der Waals surface area contributed by atoms with E-state index in [9.17, 15) is 4.79 Å². The second kappa shape index (κ2) is 5.16. The van der Waals surface area contributed by atoms with E-state index in [1.54, 1.807) is 0 Å². The maximum absolute atomic E-state index is 12.8. The molecule has 0 amide bonds. The number of hydrogen-bond acceptors (Lipinski definition) is 1. The lowest BCUT2D eigenvalue weighted by molar-refractivity contribution is 0.102. The quantitative estimate of drug-likeness (QED) is 0.345. The van der Waals surface area contributed by atoms with Crippen LogP contribution in [0.1, 0.15) is 16.8 Å². The molecule has 21 heavy (non-hydrogen) atoms. The predicted octanol–water partition coefficient (Wildman–Crippen LogP) is 4.25. The van der Waals surface area contributed by atoms with Crippen molar-refractivity contribution in [2.45, 2.75) is 26.1 Å². The van der Waals surface area contributed by atoms with Gasteiger partial charge in [-0.25, -0.2) is 0 Å². The molecule has 0 fully saturated rings. The van der Waals surface area contributed by atoms with E-state index in [0.717, 1.165) is 23.1 Å². The van der Waals surface area contributed by atoms with Gasteiger partial charge in [0.05, 0.1) is 0 Å². The molecule has 2 aliphatic rings. The van der Waals surface area contributed by atoms with E-state index in [4.69, 9.17) is 0 Å². The number of allylic oxidation sites excluding steroid dienone is 4. The van der Waals surface area contributed by atoms with Crippen molar-refractivity contribution in [1.29, 1.82) is 0 Å². The predicted molar refractivity (Wildman–Crippen MR) is 89.7 cm³/mol. The molecule has 2 aliphatic carbocycles. The molecule has 0 radical (unpaired) electrons. The van der Waals surface area contributed by atoms with Gasteiger partial charge in [-0.2, -0.15) is 0 Å². The van der Waals surface area contributed by atoms with Gasteiger partial charge in [-0.05, 0) is 6.42 Å². The van der Waals surface area contributed by atoms with Crippen molar-refractivity contribution in [2.24, 2.45) is 11.8 Å². The van der Waals surface area contributed by atoms with Crippen LogP contribution >= 0.6 is 0 Å². The highest BCUT2D eigenvalue weighted by Crippen LogP contribution is 2.44. The van der Waals surface area contributed by atoms with E-state index in [-0.39, 0.29) is 11.7 Å². The summed E-state index contributed by atoms with van der Waals surface area (Å²) >= 11 is 0. The van der Waals surface area contributed by atoms with Gasteiger partial charge in [-0.1, -0.05) is 68.0 Å². The van der Waals surface area contributed by atoms with E-state index in [1.165, 1.54) is 0 Å². The molecule has 0 spiro atoms. The fraction of sp³-hybridized carbons (Fsp3) is 0.316. The van der Waals surface area contributed by atoms with Crippen LogP contribution in [0.5, 0.6) is 0 Å². The molecule has 2 atom stereocenters. The van der Waals surface area contributed by atoms with Crippen LogP contribution in [0.3, 0.4) is 0 Å². The van der Waals surface area contributed by atoms with Crippen molar-refractivity contribution in [3.63, 3.8) is 0 Å². The SMILES string of the molecule is C[Si](C)(C)C#CC1=C(C(=O)c2ccccc2)[C@@H]2C=C[C@H]1C2. The van der Waals surface area contributed by atoms with E-state index >= 15 is 0 Å². The van der Waals surface area contributed by atoms with Crippen LogP contribution < -0.4 is 0 Å². The summed E-state index contributed by atoms with van der Waals surface area (Å²) in [6.07, 6.45) is 5.44. The molecule has 0 aliphatic heterocycles. The summed E-state index contributed by atoms with van der Waals surface area (Å²) in [5, 5.41) is 0. The van der Waals surface area contributed by atoms with Crippen LogP contribution in [0.2, 0.25) is 19.6 Å². The van der Waals surface area contributed by atoms with Crippen molar-refractivity contribution in [3.8, 4) is 11.5 Å². The third-order valence-electron chi connectivity index (χ3n) is 3.97. The average Bonchev–Trinajstić information content (AvgIpc) is 3.05. The fourth-order valence-electron chi connectivity index (χ4n) is 2.98. The minimum absolute atomic E-state index is 0.160. The van der Waals surface area contributed by atoms with E-state index in [2.05, 4.69) is 43.3 Å². The summed E-state index contributed by atoms with van der Waals surface area (Å²) in [7, 11) is -1.43. The van der Waals surface area contributed by atoms with Crippen LogP contribution in [0, 0.1) is 23.3 Å². The lowest BCUT2D eigenvalue weighted by Crippen LogP contribution is -2.17. The molecule has 0 aromatic heterocycles. The van der Waals surface area contributed by atoms with Gasteiger partial charge in [0.2, 0.25) is 0 Å². The topological polar surface area (TPSA) is 17.1 Å². The third-order valence-corrected chi connectivity index (χ3v) is 4.84. The van der Waals surface area contributed by atoms with Crippen LogP contribution in [0.4, 0.5) is 0 Å². The van der Waals surface area contributed by atoms with E-state index in [0.29, 0.717) is 5.92 Å². The van der Waals surface area contributed by atoms with Crippen molar-refractivity contribution in [3.05, 3.63) is 59.2 Å². The molecule has 0 saturated heterocycles. The van der Waals surface area contributed by atoms with Crippen LogP contribution in [0.15, 0.2) is 53.6 Å². The number of fused-ring (bicyclic) bond motifs is 2. The Labute approximate surface area is 127 Å². The Kier molecular flexibility index (Phi) is 3.47. The second-order valence-electron chi connectivity index (χ2n) is 6.86. The number of benzene rings is 1. The van der Waals surface area contributed by atoms with Gasteiger partial charge >= 0.3 is 0 Å². The molecule has 2 bridgehead atoms. The molecule has 1 nitrogen and oxygen atoms in total. The Balaban J connectivity index is 2.02. The maximum atomic E-state index is 12.8. The van der Waals surface area contributed by atoms with Crippen LogP contribution in [-0.2, 0) is 0 Å². The number of ketones is 1. The Morgan fingerprint density at radius 2 is 1.76 bits per heavy atom. The molecule has 0 unspecified atom stereocenters. The molecule has 1 aromatic rings. The minimum atomic E-state index is -1.43. The highest BCUT2D eigenvalue weighted by molar-refractivity contribution is 6.83. The number of rotatable bonds is 2. The molecule has 106 valence electrons. The molecule has 0 heterocycles. The molecule has 0 N–H and O–H groups in total. The summed E-state index contributed by atoms with van der Waals surface area (Å²) in [6.45, 7) is 6.72. The summed E-state index contributed by atoms with van der Waals surface area (Å²) in [5.74, 6) is 4.17. The smallest absolute Gasteiger partial charge is 0.190 e. The van der Waals surface area contributed by atoms with E-state index < -0.39 is 8.07 Å². The van der Waals surface area contributed by atoms with E-state index in [1.807, 2.05) is 30.3 Å². The number of carbonyl (C=O) groups is 1. The van der Waals surface area contributed by atoms with Gasteiger partial charge in [-0.3, -0.25) is 4.79 Å². The highest BCUT2D eigenvalue weighted by atomic mass is 28.3. The summed E-state index contributed by atoms with van der Waals surface area (Å²) in [5.41, 5.74) is 6.23. The zero-order valence-corrected chi connectivity index (χ0v) is 13.8. The zero-order valence-electron chi connectivity index (χ0n) is 12.8. The number of carbonyl (C=O) groups excluding carboxylic acids is 1. The lowest BCUT2D eigenvalue weighted by atomic mass is 9.91. The molecular formula is C19H20OSi. The first-order valence-electron chi connectivity index (χ1n) is 7.51. The highest BCUT2D eigenvalue weighted by Gasteiger charge is 2.38. The first kappa shape index (κ1) is 14.1. The standard InChI is InChI=1S/C19H20OSi/c1-21(2,3)12-11-17-15-9-10-16(13-15)18(17)19(20)14-7-5-4-6-8-14/h4-10,15-16H,13H2,1-3H3/t15-,16+/m0/s1. The van der Waals surface area contributed by atoms with Gasteiger partial charge in [0.15, 0.2) is 5.78 Å². The second-order valence-corrected chi connectivity index (χ2v) is 11.6. The lowest BCUT2D eigenvalue weighted by Gasteiger charge is -2.12. The summed E-state index contributed by atoms with van der Waals surface area (Å²) < 4.78 is 0. The van der Waals surface area contributed by atoms with Gasteiger partial charge in [0.25, 0.3) is 0 Å². The van der Waals surface area contributed by atoms with Crippen molar-refractivity contribution in [1.82, 2.24) is 0 Å². The molecule has 3 rings (SSSR count). The molecule has 0 saturated carbocycles. The normalized spacial score (nSPS) is 23.2. The third kappa shape index (κ3) is 2.79. The van der Waals surface area contributed by atoms with Crippen molar-refractivity contribution < 1.29 is 4.79 Å². The van der Waals surface area contributed by atoms with Gasteiger partial charge < -0.3 is 0 Å². The minimum Gasteiger partial charge on any atom is -0.289 e. The Morgan fingerprint density at radius 3 is 2.43 bits per heavy atom. The fourth-order valence-corrected chi connectivity index (χ4v) is 3.49. The van der Waals surface area contributed by atoms with Gasteiger partial charge in [0, 0.05) is 28.5 Å². The van der Waals surface area contributed by atoms with Crippen molar-refractivity contribution >= 4 is 13.9 Å². The zero-order chi connectivity index (χ0) is 15.0. The number of Topliss-reactive ketones (excluding diaryl/α,β-unsaturated/α-hetero) is 1. The first-order chi connectivity index (χ1) is 9.96. The molecule has 1 aromatic carbocycles. The summed E-state index contributed by atoms with van der Waals surface area (Å²) in [6, 6.07) is 9.58. The van der Waals surface area contributed by atoms with Crippen LogP contribution in [0.25, 0.3) is 0 Å². The maximum Gasteiger partial charge on any atom is 0.190 e. The molecule has 2 heteroatoms. The van der Waals surface area contributed by atoms with Gasteiger partial charge in [-0.15, -0.1) is 5.54 Å². The van der Waals surface area contributed by atoms with Gasteiger partial charge in [0.1, 0.15) is 8.07 Å². The monoisotopic (exact) mass is 292 g/mol. The first-order valence-corrected chi connectivity index (χ1v) is 11.0. The largest absolute Gasteiger partial charge is 0.289 e. The molecular weight excluding hydrogens is 272 g/mol. The Bertz CT molecular complexity index is 693.